The molecule has 0 radical (unpaired) electrons. The monoisotopic (exact) mass is 278 g/mol. The number of nitrogen functional groups attached to an aromatic ring is 1. The SMILES string of the molecule is Cc1cn(N=Cc2ccc(S(C)(=O)=O)cc2)c(N)n1. The van der Waals surface area contributed by atoms with Crippen LogP contribution in [0.25, 0.3) is 0 Å². The lowest BCUT2D eigenvalue weighted by Gasteiger charge is -1.99. The molecule has 0 amide bonds. The van der Waals surface area contributed by atoms with Gasteiger partial charge in [0.05, 0.1) is 23.0 Å². The molecule has 6 nitrogen and oxygen atoms in total. The Kier molecular flexibility index (Phi) is 3.39. The van der Waals surface area contributed by atoms with Gasteiger partial charge in [0.1, 0.15) is 0 Å². The van der Waals surface area contributed by atoms with E-state index in [9.17, 15) is 8.42 Å². The first kappa shape index (κ1) is 13.3. The molecule has 7 heteroatoms. The van der Waals surface area contributed by atoms with Crippen molar-refractivity contribution in [1.82, 2.24) is 9.66 Å². The van der Waals surface area contributed by atoms with Gasteiger partial charge in [0.2, 0.25) is 5.95 Å². The second-order valence-electron chi connectivity index (χ2n) is 4.17. The minimum atomic E-state index is -3.17. The maximum atomic E-state index is 11.3. The van der Waals surface area contributed by atoms with Crippen molar-refractivity contribution in [3.8, 4) is 0 Å². The van der Waals surface area contributed by atoms with Gasteiger partial charge in [-0.2, -0.15) is 5.10 Å². The molecule has 0 atom stereocenters. The molecule has 19 heavy (non-hydrogen) atoms. The summed E-state index contributed by atoms with van der Waals surface area (Å²) in [4.78, 5) is 4.30. The number of hydrogen-bond donors (Lipinski definition) is 1. The fourth-order valence-electron chi connectivity index (χ4n) is 1.53. The Morgan fingerprint density at radius 1 is 1.32 bits per heavy atom. The van der Waals surface area contributed by atoms with E-state index in [0.717, 1.165) is 11.3 Å². The zero-order valence-electron chi connectivity index (χ0n) is 10.6. The minimum Gasteiger partial charge on any atom is -0.368 e. The molecular weight excluding hydrogens is 264 g/mol. The van der Waals surface area contributed by atoms with Crippen LogP contribution >= 0.6 is 0 Å². The smallest absolute Gasteiger partial charge is 0.221 e. The lowest BCUT2D eigenvalue weighted by atomic mass is 10.2. The molecule has 1 heterocycles. The van der Waals surface area contributed by atoms with Crippen molar-refractivity contribution >= 4 is 22.0 Å². The van der Waals surface area contributed by atoms with Gasteiger partial charge >= 0.3 is 0 Å². The molecule has 0 unspecified atom stereocenters. The maximum absolute atomic E-state index is 11.3. The number of aryl methyl sites for hydroxylation is 1. The van der Waals surface area contributed by atoms with Crippen LogP contribution < -0.4 is 5.73 Å². The number of imidazole rings is 1. The molecule has 0 aliphatic rings. The number of anilines is 1. The van der Waals surface area contributed by atoms with Gasteiger partial charge in [-0.15, -0.1) is 0 Å². The van der Waals surface area contributed by atoms with Crippen LogP contribution in [0, 0.1) is 6.92 Å². The molecule has 0 spiro atoms. The molecule has 0 aliphatic carbocycles. The van der Waals surface area contributed by atoms with E-state index in [-0.39, 0.29) is 4.90 Å². The molecule has 0 aliphatic heterocycles. The van der Waals surface area contributed by atoms with E-state index in [1.54, 1.807) is 36.7 Å². The van der Waals surface area contributed by atoms with E-state index in [1.807, 2.05) is 6.92 Å². The molecule has 2 aromatic rings. The van der Waals surface area contributed by atoms with E-state index in [0.29, 0.717) is 5.95 Å². The Bertz CT molecular complexity index is 715. The lowest BCUT2D eigenvalue weighted by Crippen LogP contribution is -1.98. The average molecular weight is 278 g/mol. The van der Waals surface area contributed by atoms with Gasteiger partial charge in [-0.3, -0.25) is 0 Å². The molecule has 0 saturated heterocycles. The molecule has 2 N–H and O–H groups in total. The van der Waals surface area contributed by atoms with Crippen molar-refractivity contribution in [2.75, 3.05) is 12.0 Å². The number of aromatic nitrogens is 2. The van der Waals surface area contributed by atoms with Crippen molar-refractivity contribution in [2.24, 2.45) is 5.10 Å². The number of benzene rings is 1. The van der Waals surface area contributed by atoms with Gasteiger partial charge in [0.15, 0.2) is 9.84 Å². The summed E-state index contributed by atoms with van der Waals surface area (Å²) >= 11 is 0. The van der Waals surface area contributed by atoms with Crippen LogP contribution in [0.2, 0.25) is 0 Å². The molecule has 100 valence electrons. The van der Waals surface area contributed by atoms with Crippen LogP contribution in [0.5, 0.6) is 0 Å². The Morgan fingerprint density at radius 2 is 1.95 bits per heavy atom. The van der Waals surface area contributed by atoms with Crippen LogP contribution in [0.4, 0.5) is 5.95 Å². The fourth-order valence-corrected chi connectivity index (χ4v) is 2.16. The van der Waals surface area contributed by atoms with Gasteiger partial charge in [0, 0.05) is 6.26 Å². The topological polar surface area (TPSA) is 90.3 Å². The summed E-state index contributed by atoms with van der Waals surface area (Å²) in [6.07, 6.45) is 4.46. The number of hydrogen-bond acceptors (Lipinski definition) is 5. The molecule has 0 fully saturated rings. The highest BCUT2D eigenvalue weighted by Gasteiger charge is 2.05. The Labute approximate surface area is 111 Å². The first-order valence-corrected chi connectivity index (χ1v) is 7.41. The number of sulfone groups is 1. The van der Waals surface area contributed by atoms with Crippen LogP contribution in [0.3, 0.4) is 0 Å². The van der Waals surface area contributed by atoms with Crippen molar-refractivity contribution in [1.29, 1.82) is 0 Å². The Balaban J connectivity index is 2.23. The Hall–Kier alpha value is -2.15. The fraction of sp³-hybridized carbons (Fsp3) is 0.167. The van der Waals surface area contributed by atoms with E-state index in [2.05, 4.69) is 10.1 Å². The molecule has 2 rings (SSSR count). The predicted octanol–water partition coefficient (Wildman–Crippen LogP) is 1.06. The van der Waals surface area contributed by atoms with Gasteiger partial charge in [-0.25, -0.2) is 18.1 Å². The Morgan fingerprint density at radius 3 is 2.42 bits per heavy atom. The zero-order valence-corrected chi connectivity index (χ0v) is 11.4. The average Bonchev–Trinajstić information content (AvgIpc) is 2.65. The summed E-state index contributed by atoms with van der Waals surface area (Å²) in [5, 5.41) is 4.14. The van der Waals surface area contributed by atoms with Gasteiger partial charge in [-0.05, 0) is 24.6 Å². The summed E-state index contributed by atoms with van der Waals surface area (Å²) in [7, 11) is -3.17. The van der Waals surface area contributed by atoms with Crippen LogP contribution in [-0.2, 0) is 9.84 Å². The van der Waals surface area contributed by atoms with Gasteiger partial charge < -0.3 is 5.73 Å². The van der Waals surface area contributed by atoms with Crippen molar-refractivity contribution < 1.29 is 8.42 Å². The summed E-state index contributed by atoms with van der Waals surface area (Å²) in [6, 6.07) is 6.44. The highest BCUT2D eigenvalue weighted by Crippen LogP contribution is 2.09. The summed E-state index contributed by atoms with van der Waals surface area (Å²) in [5.41, 5.74) is 7.20. The molecule has 0 saturated carbocycles. The van der Waals surface area contributed by atoms with Gasteiger partial charge in [0.25, 0.3) is 0 Å². The molecule has 1 aromatic carbocycles. The third-order valence-corrected chi connectivity index (χ3v) is 3.60. The normalized spacial score (nSPS) is 12.1. The van der Waals surface area contributed by atoms with Crippen molar-refractivity contribution in [3.63, 3.8) is 0 Å². The zero-order chi connectivity index (χ0) is 14.0. The van der Waals surface area contributed by atoms with Crippen LogP contribution in [-0.4, -0.2) is 30.5 Å². The first-order chi connectivity index (χ1) is 8.86. The standard InChI is InChI=1S/C12H14N4O2S/c1-9-8-16(12(13)15-9)14-7-10-3-5-11(6-4-10)19(2,17)18/h3-8H,1-2H3,(H2,13,15). The van der Waals surface area contributed by atoms with Crippen LogP contribution in [0.1, 0.15) is 11.3 Å². The third kappa shape index (κ3) is 3.19. The van der Waals surface area contributed by atoms with Gasteiger partial charge in [-0.1, -0.05) is 12.1 Å². The predicted molar refractivity (Wildman–Crippen MR) is 73.9 cm³/mol. The number of nitrogens with zero attached hydrogens (tertiary/aromatic N) is 3. The minimum absolute atomic E-state index is 0.280. The second-order valence-corrected chi connectivity index (χ2v) is 6.19. The van der Waals surface area contributed by atoms with Crippen molar-refractivity contribution in [2.45, 2.75) is 11.8 Å². The first-order valence-electron chi connectivity index (χ1n) is 5.52. The van der Waals surface area contributed by atoms with Crippen LogP contribution in [0.15, 0.2) is 40.5 Å². The highest BCUT2D eigenvalue weighted by molar-refractivity contribution is 7.90. The third-order valence-electron chi connectivity index (χ3n) is 2.47. The van der Waals surface area contributed by atoms with E-state index >= 15 is 0 Å². The van der Waals surface area contributed by atoms with Crippen molar-refractivity contribution in [3.05, 3.63) is 41.7 Å². The molecule has 0 bridgehead atoms. The van der Waals surface area contributed by atoms with E-state index < -0.39 is 9.84 Å². The quantitative estimate of drug-likeness (QED) is 0.850. The lowest BCUT2D eigenvalue weighted by molar-refractivity contribution is 0.602. The summed E-state index contributed by atoms with van der Waals surface area (Å²) < 4.78 is 24.1. The summed E-state index contributed by atoms with van der Waals surface area (Å²) in [5.74, 6) is 0.307. The summed E-state index contributed by atoms with van der Waals surface area (Å²) in [6.45, 7) is 1.82. The maximum Gasteiger partial charge on any atom is 0.221 e. The largest absolute Gasteiger partial charge is 0.368 e. The van der Waals surface area contributed by atoms with E-state index in [4.69, 9.17) is 5.73 Å². The highest BCUT2D eigenvalue weighted by atomic mass is 32.2. The molecular formula is C12H14N4O2S. The van der Waals surface area contributed by atoms with E-state index in [1.165, 1.54) is 10.9 Å². The number of nitrogens with two attached hydrogens (primary N) is 1. The second kappa shape index (κ2) is 4.85. The molecule has 1 aromatic heterocycles. The number of rotatable bonds is 3.